The number of ether oxygens (including phenoxy) is 1. The molecule has 0 radical (unpaired) electrons. The number of hydrogen-bond donors (Lipinski definition) is 0. The summed E-state index contributed by atoms with van der Waals surface area (Å²) in [5, 5.41) is 1.54. The minimum Gasteiger partial charge on any atom is -0.494 e. The van der Waals surface area contributed by atoms with E-state index in [0.717, 1.165) is 36.5 Å². The van der Waals surface area contributed by atoms with E-state index in [1.165, 1.54) is 55.9 Å². The molecule has 0 atom stereocenters. The summed E-state index contributed by atoms with van der Waals surface area (Å²) in [6.45, 7) is 3.85. The summed E-state index contributed by atoms with van der Waals surface area (Å²) in [6.07, 6.45) is 11.8. The van der Waals surface area contributed by atoms with E-state index >= 15 is 0 Å². The highest BCUT2D eigenvalue weighted by Gasteiger charge is 2.21. The Bertz CT molecular complexity index is 1010. The van der Waals surface area contributed by atoms with Gasteiger partial charge in [0.25, 0.3) is 0 Å². The lowest BCUT2D eigenvalue weighted by Crippen LogP contribution is -2.13. The highest BCUT2D eigenvalue weighted by molar-refractivity contribution is 5.85. The first-order valence-electron chi connectivity index (χ1n) is 11.6. The zero-order valence-corrected chi connectivity index (χ0v) is 18.6. The van der Waals surface area contributed by atoms with Crippen molar-refractivity contribution in [2.45, 2.75) is 57.3 Å². The van der Waals surface area contributed by atoms with Crippen LogP contribution in [-0.2, 0) is 12.8 Å². The van der Waals surface area contributed by atoms with Crippen molar-refractivity contribution in [3.63, 3.8) is 0 Å². The molecule has 1 aliphatic rings. The average Bonchev–Trinajstić information content (AvgIpc) is 2.82. The number of aryl methyl sites for hydroxylation is 2. The van der Waals surface area contributed by atoms with Gasteiger partial charge in [-0.3, -0.25) is 0 Å². The fourth-order valence-electron chi connectivity index (χ4n) is 5.02. The molecule has 1 aliphatic carbocycles. The van der Waals surface area contributed by atoms with Gasteiger partial charge in [-0.1, -0.05) is 54.6 Å². The smallest absolute Gasteiger partial charge is 0.172 e. The van der Waals surface area contributed by atoms with Gasteiger partial charge < -0.3 is 4.74 Å². The number of benzene rings is 3. The quantitative estimate of drug-likeness (QED) is 0.338. The summed E-state index contributed by atoms with van der Waals surface area (Å²) >= 11 is 0. The van der Waals surface area contributed by atoms with Crippen LogP contribution < -0.4 is 4.74 Å². The molecule has 1 saturated carbocycles. The highest BCUT2D eigenvalue weighted by atomic mass is 19.1. The lowest BCUT2D eigenvalue weighted by atomic mass is 9.77. The predicted octanol–water partition coefficient (Wildman–Crippen LogP) is 8.01. The van der Waals surface area contributed by atoms with Crippen molar-refractivity contribution in [1.82, 2.24) is 0 Å². The van der Waals surface area contributed by atoms with Crippen LogP contribution in [0.25, 0.3) is 10.8 Å². The zero-order chi connectivity index (χ0) is 21.6. The second-order valence-corrected chi connectivity index (χ2v) is 8.96. The van der Waals surface area contributed by atoms with Gasteiger partial charge in [0, 0.05) is 5.39 Å². The monoisotopic (exact) mass is 416 g/mol. The second-order valence-electron chi connectivity index (χ2n) is 8.96. The summed E-state index contributed by atoms with van der Waals surface area (Å²) in [5.74, 6) is 1.63. The molecule has 0 bridgehead atoms. The highest BCUT2D eigenvalue weighted by Crippen LogP contribution is 2.37. The Morgan fingerprint density at radius 2 is 1.65 bits per heavy atom. The van der Waals surface area contributed by atoms with E-state index in [-0.39, 0.29) is 5.82 Å². The summed E-state index contributed by atoms with van der Waals surface area (Å²) in [7, 11) is 1.50. The van der Waals surface area contributed by atoms with E-state index in [4.69, 9.17) is 4.74 Å². The van der Waals surface area contributed by atoms with Crippen molar-refractivity contribution in [2.24, 2.45) is 5.92 Å². The first-order valence-corrected chi connectivity index (χ1v) is 11.6. The number of fused-ring (bicyclic) bond motifs is 1. The topological polar surface area (TPSA) is 9.23 Å². The summed E-state index contributed by atoms with van der Waals surface area (Å²) < 4.78 is 19.5. The van der Waals surface area contributed by atoms with Gasteiger partial charge in [-0.05, 0) is 91.3 Å². The molecule has 0 N–H and O–H groups in total. The second kappa shape index (κ2) is 10.1. The molecule has 1 nitrogen and oxygen atoms in total. The number of halogens is 1. The van der Waals surface area contributed by atoms with E-state index in [2.05, 4.69) is 43.0 Å². The maximum absolute atomic E-state index is 14.4. The Morgan fingerprint density at radius 3 is 2.35 bits per heavy atom. The van der Waals surface area contributed by atoms with Crippen LogP contribution in [0, 0.1) is 11.7 Å². The largest absolute Gasteiger partial charge is 0.494 e. The zero-order valence-electron chi connectivity index (χ0n) is 18.6. The van der Waals surface area contributed by atoms with Crippen molar-refractivity contribution in [3.8, 4) is 5.75 Å². The maximum Gasteiger partial charge on any atom is 0.172 e. The standard InChI is InChI=1S/C29H33FO/c1-3-4-5-21-8-13-24(14-9-21)25-15-10-22(11-16-25)6-7-23-12-18-27-26(20-23)17-19-28(31-2)29(27)30/h3,10-12,15-21,24H,1,4-9,13-14H2,2H3. The van der Waals surface area contributed by atoms with Crippen LogP contribution in [0.4, 0.5) is 4.39 Å². The van der Waals surface area contributed by atoms with Gasteiger partial charge >= 0.3 is 0 Å². The summed E-state index contributed by atoms with van der Waals surface area (Å²) in [5.41, 5.74) is 4.10. The number of allylic oxidation sites excluding steroid dienone is 1. The van der Waals surface area contributed by atoms with Gasteiger partial charge in [-0.25, -0.2) is 4.39 Å². The molecule has 162 valence electrons. The molecule has 0 saturated heterocycles. The Labute approximate surface area is 185 Å². The lowest BCUT2D eigenvalue weighted by molar-refractivity contribution is 0.312. The molecule has 31 heavy (non-hydrogen) atoms. The Balaban J connectivity index is 1.34. The molecule has 0 heterocycles. The van der Waals surface area contributed by atoms with Crippen molar-refractivity contribution < 1.29 is 9.13 Å². The third-order valence-electron chi connectivity index (χ3n) is 6.98. The van der Waals surface area contributed by atoms with Crippen molar-refractivity contribution in [2.75, 3.05) is 7.11 Å². The molecule has 4 rings (SSSR count). The molecule has 3 aromatic rings. The molecule has 0 amide bonds. The Hall–Kier alpha value is -2.61. The van der Waals surface area contributed by atoms with Crippen LogP contribution >= 0.6 is 0 Å². The lowest BCUT2D eigenvalue weighted by Gasteiger charge is -2.28. The minimum atomic E-state index is -0.281. The van der Waals surface area contributed by atoms with E-state index < -0.39 is 0 Å². The van der Waals surface area contributed by atoms with Crippen LogP contribution in [0.5, 0.6) is 5.75 Å². The minimum absolute atomic E-state index is 0.281. The Morgan fingerprint density at radius 1 is 0.935 bits per heavy atom. The predicted molar refractivity (Wildman–Crippen MR) is 128 cm³/mol. The van der Waals surface area contributed by atoms with Gasteiger partial charge in [0.05, 0.1) is 7.11 Å². The maximum atomic E-state index is 14.4. The molecule has 0 aromatic heterocycles. The molecule has 0 spiro atoms. The third kappa shape index (κ3) is 5.18. The van der Waals surface area contributed by atoms with Crippen LogP contribution in [0.1, 0.15) is 61.1 Å². The first kappa shape index (κ1) is 21.6. The average molecular weight is 417 g/mol. The van der Waals surface area contributed by atoms with Gasteiger partial charge in [-0.2, -0.15) is 0 Å². The first-order chi connectivity index (χ1) is 15.2. The van der Waals surface area contributed by atoms with Crippen molar-refractivity contribution >= 4 is 10.8 Å². The van der Waals surface area contributed by atoms with Crippen LogP contribution in [0.2, 0.25) is 0 Å². The number of rotatable bonds is 8. The van der Waals surface area contributed by atoms with Crippen LogP contribution in [0.15, 0.2) is 67.3 Å². The van der Waals surface area contributed by atoms with E-state index in [1.807, 2.05) is 18.2 Å². The molecule has 0 unspecified atom stereocenters. The van der Waals surface area contributed by atoms with Crippen molar-refractivity contribution in [1.29, 1.82) is 0 Å². The van der Waals surface area contributed by atoms with Crippen molar-refractivity contribution in [3.05, 3.63) is 89.8 Å². The third-order valence-corrected chi connectivity index (χ3v) is 6.98. The van der Waals surface area contributed by atoms with Crippen LogP contribution in [0.3, 0.4) is 0 Å². The van der Waals surface area contributed by atoms with Crippen LogP contribution in [-0.4, -0.2) is 7.11 Å². The molecular formula is C29H33FO. The molecule has 2 heteroatoms. The molecule has 0 aliphatic heterocycles. The van der Waals surface area contributed by atoms with Gasteiger partial charge in [-0.15, -0.1) is 6.58 Å². The van der Waals surface area contributed by atoms with E-state index in [1.54, 1.807) is 6.07 Å². The fraction of sp³-hybridized carbons (Fsp3) is 0.379. The SMILES string of the molecule is C=CCCC1CCC(c2ccc(CCc3ccc4c(F)c(OC)ccc4c3)cc2)CC1. The van der Waals surface area contributed by atoms with Gasteiger partial charge in [0.2, 0.25) is 0 Å². The number of hydrogen-bond acceptors (Lipinski definition) is 1. The van der Waals surface area contributed by atoms with E-state index in [0.29, 0.717) is 11.1 Å². The normalized spacial score (nSPS) is 18.8. The van der Waals surface area contributed by atoms with Gasteiger partial charge in [0.15, 0.2) is 11.6 Å². The number of methoxy groups -OCH3 is 1. The molecule has 3 aromatic carbocycles. The van der Waals surface area contributed by atoms with E-state index in [9.17, 15) is 4.39 Å². The Kier molecular flexibility index (Phi) is 7.06. The summed E-state index contributed by atoms with van der Waals surface area (Å²) in [6, 6.07) is 18.9. The summed E-state index contributed by atoms with van der Waals surface area (Å²) in [4.78, 5) is 0. The molecular weight excluding hydrogens is 383 g/mol. The van der Waals surface area contributed by atoms with Gasteiger partial charge in [0.1, 0.15) is 0 Å². The fourth-order valence-corrected chi connectivity index (χ4v) is 5.02. The molecule has 1 fully saturated rings.